The third-order valence-corrected chi connectivity index (χ3v) is 10.8. The van der Waals surface area contributed by atoms with E-state index >= 15 is 0 Å². The molecule has 2 aliphatic rings. The van der Waals surface area contributed by atoms with Gasteiger partial charge in [0.15, 0.2) is 0 Å². The van der Waals surface area contributed by atoms with Crippen LogP contribution >= 0.6 is 11.8 Å². The number of rotatable bonds is 20. The van der Waals surface area contributed by atoms with Gasteiger partial charge in [-0.3, -0.25) is 34.2 Å². The molecule has 0 unspecified atom stereocenters. The number of thioether (sulfide) groups is 1. The summed E-state index contributed by atoms with van der Waals surface area (Å²) < 4.78 is 5.76. The van der Waals surface area contributed by atoms with E-state index in [9.17, 15) is 58.8 Å². The van der Waals surface area contributed by atoms with E-state index < -0.39 is 96.7 Å². The van der Waals surface area contributed by atoms with Crippen LogP contribution < -0.4 is 37.6 Å². The van der Waals surface area contributed by atoms with E-state index in [-0.39, 0.29) is 55.9 Å². The molecule has 23 heteroatoms. The normalized spacial score (nSPS) is 19.0. The van der Waals surface area contributed by atoms with Gasteiger partial charge in [0.2, 0.25) is 35.8 Å². The molecular formula is C40H53N9O13S. The molecule has 2 fully saturated rings. The van der Waals surface area contributed by atoms with Crippen molar-refractivity contribution in [2.24, 2.45) is 5.73 Å². The number of nitrogens with two attached hydrogens (primary N) is 1. The van der Waals surface area contributed by atoms with Crippen molar-refractivity contribution in [3.63, 3.8) is 0 Å². The number of nitrogens with one attached hydrogen (secondary N) is 6. The number of hydrogen-bond acceptors (Lipinski definition) is 14. The summed E-state index contributed by atoms with van der Waals surface area (Å²) in [6.07, 6.45) is -0.0827. The fourth-order valence-electron chi connectivity index (χ4n) is 6.70. The zero-order valence-electron chi connectivity index (χ0n) is 34.7. The topological polar surface area (TPSA) is 331 Å². The molecule has 2 heterocycles. The van der Waals surface area contributed by atoms with Crippen molar-refractivity contribution in [3.8, 4) is 11.5 Å². The van der Waals surface area contributed by atoms with Gasteiger partial charge in [0, 0.05) is 45.5 Å². The standard InChI is InChI=1S/C40H53N9O13S/c1-21(48(2)36(57)28(43-32(54)19-41)16-22-6-4-8-24(50)14-22)33(35(56)42-20-26-18-30(52)37(62-26)49-12-10-31(53)46-40(49)61)47-34(55)27(11-13-63-3)44-39(60)45-29(38(58)59)17-23-7-5-9-25(51)15-23/h4-9,14-15,20-21,27-30,33,37,50-52H,10-13,16-19,41H2,1-3H3,(H,42,56)(H,43,54)(H,47,55)(H,58,59)(H2,44,45,60)(H,46,53,61)/t21-,27+,28-,29-,30+,33-,37+/m0/s1. The number of carbonyl (C=O) groups excluding carboxylic acids is 7. The van der Waals surface area contributed by atoms with Crippen LogP contribution in [0.5, 0.6) is 11.5 Å². The van der Waals surface area contributed by atoms with Gasteiger partial charge in [0.25, 0.3) is 0 Å². The molecule has 9 amide bonds. The van der Waals surface area contributed by atoms with Gasteiger partial charge in [-0.15, -0.1) is 0 Å². The van der Waals surface area contributed by atoms with Crippen molar-refractivity contribution >= 4 is 59.3 Å². The first-order chi connectivity index (χ1) is 29.9. The molecule has 0 saturated carbocycles. The molecule has 7 atom stereocenters. The maximum absolute atomic E-state index is 14.1. The lowest BCUT2D eigenvalue weighted by Crippen LogP contribution is -2.62. The van der Waals surface area contributed by atoms with E-state index in [1.54, 1.807) is 24.5 Å². The molecule has 342 valence electrons. The second-order valence-corrected chi connectivity index (χ2v) is 15.8. The molecule has 12 N–H and O–H groups in total. The average Bonchev–Trinajstić information content (AvgIpc) is 3.61. The molecule has 0 aliphatic carbocycles. The zero-order chi connectivity index (χ0) is 46.4. The number of carboxylic acids is 1. The number of urea groups is 2. The molecule has 2 aliphatic heterocycles. The summed E-state index contributed by atoms with van der Waals surface area (Å²) in [6, 6.07) is 3.09. The van der Waals surface area contributed by atoms with Crippen LogP contribution in [0.2, 0.25) is 0 Å². The van der Waals surface area contributed by atoms with Crippen LogP contribution in [0, 0.1) is 0 Å². The van der Waals surface area contributed by atoms with Crippen molar-refractivity contribution < 1.29 is 63.5 Å². The Morgan fingerprint density at radius 2 is 1.57 bits per heavy atom. The Hall–Kier alpha value is -6.59. The second-order valence-electron chi connectivity index (χ2n) is 14.8. The Morgan fingerprint density at radius 3 is 2.14 bits per heavy atom. The Kier molecular flexibility index (Phi) is 17.9. The first kappa shape index (κ1) is 49.1. The Labute approximate surface area is 366 Å². The SMILES string of the molecule is CSCC[C@@H](NC(=O)N[C@@H](Cc1cccc(O)c1)C(=O)O)C(=O)N[C@H](C(=O)NC=C1C[C@@H](O)[C@H](N2CCC(=O)NC2=O)O1)[C@H](C)N(C)C(=O)[C@H](Cc1cccc(O)c1)NC(=O)CN. The van der Waals surface area contributed by atoms with Crippen LogP contribution in [0.3, 0.4) is 0 Å². The third-order valence-electron chi connectivity index (χ3n) is 10.2. The predicted molar refractivity (Wildman–Crippen MR) is 225 cm³/mol. The third kappa shape index (κ3) is 14.2. The zero-order valence-corrected chi connectivity index (χ0v) is 35.6. The van der Waals surface area contributed by atoms with Crippen LogP contribution in [0.15, 0.2) is 60.5 Å². The number of nitrogens with zero attached hydrogens (tertiary/aromatic N) is 2. The molecule has 4 rings (SSSR count). The largest absolute Gasteiger partial charge is 0.508 e. The molecular weight excluding hydrogens is 847 g/mol. The number of phenols is 2. The highest BCUT2D eigenvalue weighted by Gasteiger charge is 2.41. The van der Waals surface area contributed by atoms with Gasteiger partial charge >= 0.3 is 18.0 Å². The lowest BCUT2D eigenvalue weighted by molar-refractivity contribution is -0.140. The molecule has 0 radical (unpaired) electrons. The van der Waals surface area contributed by atoms with Crippen LogP contribution in [0.25, 0.3) is 0 Å². The number of imide groups is 1. The van der Waals surface area contributed by atoms with Gasteiger partial charge in [-0.25, -0.2) is 14.4 Å². The van der Waals surface area contributed by atoms with Crippen molar-refractivity contribution in [1.29, 1.82) is 0 Å². The second kappa shape index (κ2) is 23.0. The summed E-state index contributed by atoms with van der Waals surface area (Å²) in [4.78, 5) is 106. The van der Waals surface area contributed by atoms with Gasteiger partial charge in [-0.1, -0.05) is 24.3 Å². The van der Waals surface area contributed by atoms with Crippen molar-refractivity contribution in [1.82, 2.24) is 41.7 Å². The van der Waals surface area contributed by atoms with Crippen molar-refractivity contribution in [2.75, 3.05) is 32.1 Å². The highest BCUT2D eigenvalue weighted by molar-refractivity contribution is 7.98. The molecule has 2 saturated heterocycles. The Morgan fingerprint density at radius 1 is 0.952 bits per heavy atom. The molecule has 0 spiro atoms. The number of benzene rings is 2. The van der Waals surface area contributed by atoms with Crippen molar-refractivity contribution in [2.45, 2.75) is 81.6 Å². The lowest BCUT2D eigenvalue weighted by atomic mass is 10.0. The minimum Gasteiger partial charge on any atom is -0.508 e. The number of carboxylic acid groups (broad SMARTS) is 1. The van der Waals surface area contributed by atoms with Gasteiger partial charge in [0.1, 0.15) is 47.5 Å². The quantitative estimate of drug-likeness (QED) is 0.0724. The number of likely N-dealkylation sites (N-methyl/N-ethyl adjacent to an activating group) is 1. The van der Waals surface area contributed by atoms with Crippen LogP contribution in [-0.2, 0) is 46.3 Å². The number of amides is 9. The van der Waals surface area contributed by atoms with Crippen molar-refractivity contribution in [3.05, 3.63) is 71.6 Å². The van der Waals surface area contributed by atoms with Crippen LogP contribution in [0.1, 0.15) is 37.3 Å². The summed E-state index contributed by atoms with van der Waals surface area (Å²) in [5.74, 6) is -4.95. The molecule has 0 bridgehead atoms. The molecule has 63 heavy (non-hydrogen) atoms. The number of aliphatic hydroxyl groups excluding tert-OH is 1. The van der Waals surface area contributed by atoms with E-state index in [0.717, 1.165) is 16.0 Å². The van der Waals surface area contributed by atoms with E-state index in [1.807, 2.05) is 0 Å². The highest BCUT2D eigenvalue weighted by atomic mass is 32.2. The van der Waals surface area contributed by atoms with Gasteiger partial charge in [-0.05, 0) is 60.7 Å². The maximum atomic E-state index is 14.1. The number of aliphatic hydroxyl groups is 1. The molecule has 2 aromatic carbocycles. The number of phenolic OH excluding ortho intramolecular Hbond substituents is 2. The number of ether oxygens (including phenoxy) is 1. The smallest absolute Gasteiger partial charge is 0.327 e. The van der Waals surface area contributed by atoms with Crippen LogP contribution in [0.4, 0.5) is 9.59 Å². The maximum Gasteiger partial charge on any atom is 0.327 e. The summed E-state index contributed by atoms with van der Waals surface area (Å²) in [7, 11) is 1.33. The van der Waals surface area contributed by atoms with E-state index in [1.165, 1.54) is 56.1 Å². The molecule has 22 nitrogen and oxygen atoms in total. The summed E-state index contributed by atoms with van der Waals surface area (Å²) in [5, 5.41) is 55.0. The average molecular weight is 900 g/mol. The number of hydrogen-bond donors (Lipinski definition) is 11. The monoisotopic (exact) mass is 899 g/mol. The van der Waals surface area contributed by atoms with E-state index in [2.05, 4.69) is 31.9 Å². The summed E-state index contributed by atoms with van der Waals surface area (Å²) in [6.45, 7) is 0.941. The fourth-order valence-corrected chi connectivity index (χ4v) is 7.17. The van der Waals surface area contributed by atoms with Gasteiger partial charge in [0.05, 0.1) is 12.6 Å². The first-order valence-corrected chi connectivity index (χ1v) is 21.2. The van der Waals surface area contributed by atoms with Gasteiger partial charge < -0.3 is 62.4 Å². The number of carbonyl (C=O) groups is 8. The van der Waals surface area contributed by atoms with E-state index in [0.29, 0.717) is 16.9 Å². The minimum absolute atomic E-state index is 0.00611. The number of aliphatic carboxylic acids is 1. The fraction of sp³-hybridized carbons (Fsp3) is 0.450. The lowest BCUT2D eigenvalue weighted by Gasteiger charge is -2.34. The predicted octanol–water partition coefficient (Wildman–Crippen LogP) is -1.46. The summed E-state index contributed by atoms with van der Waals surface area (Å²) >= 11 is 1.33. The summed E-state index contributed by atoms with van der Waals surface area (Å²) in [5.41, 5.74) is 6.41. The van der Waals surface area contributed by atoms with Gasteiger partial charge in [-0.2, -0.15) is 11.8 Å². The molecule has 2 aromatic rings. The van der Waals surface area contributed by atoms with Crippen LogP contribution in [-0.4, -0.2) is 152 Å². The Bertz CT molecular complexity index is 2060. The number of aromatic hydroxyl groups is 2. The minimum atomic E-state index is -1.60. The highest BCUT2D eigenvalue weighted by Crippen LogP contribution is 2.27. The van der Waals surface area contributed by atoms with E-state index in [4.69, 9.17) is 10.5 Å². The molecule has 0 aromatic heterocycles. The first-order valence-electron chi connectivity index (χ1n) is 19.8. The Balaban J connectivity index is 1.59.